The van der Waals surface area contributed by atoms with Gasteiger partial charge in [0.05, 0.1) is 26.3 Å². The number of aromatic nitrogens is 2. The van der Waals surface area contributed by atoms with Crippen LogP contribution in [0.5, 0.6) is 0 Å². The van der Waals surface area contributed by atoms with Gasteiger partial charge in [-0.1, -0.05) is 53.2 Å². The molecule has 0 aliphatic carbocycles. The van der Waals surface area contributed by atoms with E-state index in [0.29, 0.717) is 21.4 Å². The van der Waals surface area contributed by atoms with E-state index >= 15 is 0 Å². The van der Waals surface area contributed by atoms with Crippen LogP contribution in [0.1, 0.15) is 27.3 Å². The summed E-state index contributed by atoms with van der Waals surface area (Å²) in [5.74, 6) is 0.406. The first-order chi connectivity index (χ1) is 14.3. The quantitative estimate of drug-likeness (QED) is 0.235. The Labute approximate surface area is 190 Å². The van der Waals surface area contributed by atoms with Gasteiger partial charge in [-0.15, -0.1) is 0 Å². The van der Waals surface area contributed by atoms with Gasteiger partial charge in [0.25, 0.3) is 0 Å². The number of thioether (sulfide) groups is 1. The summed E-state index contributed by atoms with van der Waals surface area (Å²) in [6, 6.07) is 17.5. The topological polar surface area (TPSA) is 34.9 Å². The molecule has 2 aromatic heterocycles. The predicted molar refractivity (Wildman–Crippen MR) is 127 cm³/mol. The fraction of sp³-hybridized carbons (Fsp3) is 0.167. The molecule has 0 aliphatic rings. The van der Waals surface area contributed by atoms with E-state index in [-0.39, 0.29) is 5.78 Å². The summed E-state index contributed by atoms with van der Waals surface area (Å²) in [5.41, 5.74) is 5.57. The molecule has 0 N–H and O–H groups in total. The van der Waals surface area contributed by atoms with Gasteiger partial charge < -0.3 is 4.57 Å². The Hall–Kier alpha value is -2.27. The first-order valence-corrected chi connectivity index (χ1v) is 11.3. The van der Waals surface area contributed by atoms with Crippen LogP contribution in [0, 0.1) is 20.8 Å². The first-order valence-electron chi connectivity index (χ1n) is 9.52. The van der Waals surface area contributed by atoms with Crippen molar-refractivity contribution >= 4 is 51.6 Å². The Morgan fingerprint density at radius 1 is 1.00 bits per heavy atom. The summed E-state index contributed by atoms with van der Waals surface area (Å²) in [4.78, 5) is 17.7. The molecule has 3 nitrogen and oxygen atoms in total. The molecule has 30 heavy (non-hydrogen) atoms. The Balaban J connectivity index is 1.58. The average Bonchev–Trinajstić information content (AvgIpc) is 3.02. The number of ketones is 1. The summed E-state index contributed by atoms with van der Waals surface area (Å²) in [5, 5.41) is 2.99. The number of nitrogens with zero attached hydrogens (tertiary/aromatic N) is 2. The van der Waals surface area contributed by atoms with E-state index in [4.69, 9.17) is 28.2 Å². The Morgan fingerprint density at radius 3 is 2.53 bits per heavy atom. The number of benzene rings is 2. The summed E-state index contributed by atoms with van der Waals surface area (Å²) >= 11 is 13.7. The smallest absolute Gasteiger partial charge is 0.174 e. The van der Waals surface area contributed by atoms with E-state index in [1.165, 1.54) is 11.8 Å². The summed E-state index contributed by atoms with van der Waals surface area (Å²) in [6.07, 6.45) is 0. The third kappa shape index (κ3) is 4.00. The van der Waals surface area contributed by atoms with Gasteiger partial charge in [0.2, 0.25) is 0 Å². The number of Topliss-reactive ketones (excluding diaryl/α,β-unsaturated/α-hetero) is 1. The summed E-state index contributed by atoms with van der Waals surface area (Å²) in [7, 11) is 0. The highest BCUT2D eigenvalue weighted by molar-refractivity contribution is 7.99. The third-order valence-electron chi connectivity index (χ3n) is 5.14. The molecule has 0 bridgehead atoms. The molecular formula is C24H20Cl2N2OS. The van der Waals surface area contributed by atoms with Crippen LogP contribution in [0.25, 0.3) is 16.6 Å². The molecule has 152 valence electrons. The molecule has 0 radical (unpaired) electrons. The van der Waals surface area contributed by atoms with Crippen molar-refractivity contribution in [3.05, 3.63) is 87.2 Å². The standard InChI is InChI=1S/C24H20Cl2N2OS/c1-14-10-24(27-22-7-5-4-6-18(14)22)30-13-23(29)19-11-15(2)28(16(19)3)17-8-9-20(25)21(26)12-17/h4-12H,13H2,1-3H3. The first kappa shape index (κ1) is 21.0. The van der Waals surface area contributed by atoms with E-state index in [0.717, 1.165) is 38.6 Å². The lowest BCUT2D eigenvalue weighted by molar-refractivity contribution is 0.102. The molecule has 0 unspecified atom stereocenters. The lowest BCUT2D eigenvalue weighted by Gasteiger charge is -2.11. The maximum atomic E-state index is 13.0. The molecule has 0 atom stereocenters. The molecule has 0 aliphatic heterocycles. The second kappa shape index (κ2) is 8.46. The number of carbonyl (C=O) groups is 1. The predicted octanol–water partition coefficient (Wildman–Crippen LogP) is 7.23. The zero-order valence-electron chi connectivity index (χ0n) is 16.9. The molecule has 4 rings (SSSR count). The lowest BCUT2D eigenvalue weighted by Crippen LogP contribution is -2.06. The largest absolute Gasteiger partial charge is 0.318 e. The van der Waals surface area contributed by atoms with Crippen LogP contribution in [0.3, 0.4) is 0 Å². The van der Waals surface area contributed by atoms with Crippen LogP contribution in [-0.4, -0.2) is 21.1 Å². The van der Waals surface area contributed by atoms with Crippen molar-refractivity contribution in [2.24, 2.45) is 0 Å². The van der Waals surface area contributed by atoms with Gasteiger partial charge in [0.15, 0.2) is 5.78 Å². The molecule has 0 amide bonds. The van der Waals surface area contributed by atoms with Crippen LogP contribution < -0.4 is 0 Å². The number of pyridine rings is 1. The van der Waals surface area contributed by atoms with Crippen LogP contribution in [0.4, 0.5) is 0 Å². The van der Waals surface area contributed by atoms with E-state index in [1.807, 2.05) is 60.9 Å². The number of aryl methyl sites for hydroxylation is 2. The van der Waals surface area contributed by atoms with Crippen LogP contribution in [-0.2, 0) is 0 Å². The highest BCUT2D eigenvalue weighted by Crippen LogP contribution is 2.29. The molecular weight excluding hydrogens is 435 g/mol. The maximum absolute atomic E-state index is 13.0. The van der Waals surface area contributed by atoms with Crippen molar-refractivity contribution in [3.63, 3.8) is 0 Å². The van der Waals surface area contributed by atoms with Gasteiger partial charge in [0, 0.05) is 28.0 Å². The number of fused-ring (bicyclic) bond motifs is 1. The Kier molecular flexibility index (Phi) is 5.92. The van der Waals surface area contributed by atoms with Crippen molar-refractivity contribution in [1.82, 2.24) is 9.55 Å². The lowest BCUT2D eigenvalue weighted by atomic mass is 10.1. The molecule has 2 aromatic carbocycles. The Bertz CT molecular complexity index is 1280. The molecule has 4 aromatic rings. The maximum Gasteiger partial charge on any atom is 0.174 e. The van der Waals surface area contributed by atoms with E-state index in [9.17, 15) is 4.79 Å². The van der Waals surface area contributed by atoms with Crippen molar-refractivity contribution < 1.29 is 4.79 Å². The third-order valence-corrected chi connectivity index (χ3v) is 6.79. The summed E-state index contributed by atoms with van der Waals surface area (Å²) in [6.45, 7) is 6.00. The van der Waals surface area contributed by atoms with Gasteiger partial charge in [-0.05, 0) is 62.7 Å². The van der Waals surface area contributed by atoms with Crippen LogP contribution in [0.15, 0.2) is 59.6 Å². The molecule has 2 heterocycles. The van der Waals surface area contributed by atoms with Crippen molar-refractivity contribution in [3.8, 4) is 5.69 Å². The second-order valence-corrected chi connectivity index (χ2v) is 9.04. The van der Waals surface area contributed by atoms with Gasteiger partial charge in [-0.25, -0.2) is 4.98 Å². The molecule has 0 saturated heterocycles. The van der Waals surface area contributed by atoms with Gasteiger partial charge in [-0.2, -0.15) is 0 Å². The minimum Gasteiger partial charge on any atom is -0.318 e. The van der Waals surface area contributed by atoms with Crippen LogP contribution in [0.2, 0.25) is 10.0 Å². The fourth-order valence-electron chi connectivity index (χ4n) is 3.68. The van der Waals surface area contributed by atoms with E-state index in [1.54, 1.807) is 6.07 Å². The number of para-hydroxylation sites is 1. The van der Waals surface area contributed by atoms with E-state index in [2.05, 4.69) is 13.0 Å². The molecule has 0 spiro atoms. The highest BCUT2D eigenvalue weighted by Gasteiger charge is 2.18. The number of hydrogen-bond acceptors (Lipinski definition) is 3. The molecule has 0 saturated carbocycles. The van der Waals surface area contributed by atoms with Crippen molar-refractivity contribution in [2.45, 2.75) is 25.8 Å². The molecule has 6 heteroatoms. The minimum absolute atomic E-state index is 0.0759. The zero-order chi connectivity index (χ0) is 21.4. The van der Waals surface area contributed by atoms with E-state index < -0.39 is 0 Å². The van der Waals surface area contributed by atoms with Gasteiger partial charge >= 0.3 is 0 Å². The number of rotatable bonds is 5. The second-order valence-electron chi connectivity index (χ2n) is 7.23. The average molecular weight is 455 g/mol. The number of carbonyl (C=O) groups excluding carboxylic acids is 1. The monoisotopic (exact) mass is 454 g/mol. The van der Waals surface area contributed by atoms with Gasteiger partial charge in [-0.3, -0.25) is 4.79 Å². The number of hydrogen-bond donors (Lipinski definition) is 0. The minimum atomic E-state index is 0.0759. The van der Waals surface area contributed by atoms with Crippen molar-refractivity contribution in [2.75, 3.05) is 5.75 Å². The summed E-state index contributed by atoms with van der Waals surface area (Å²) < 4.78 is 2.03. The SMILES string of the molecule is Cc1cc(SCC(=O)c2cc(C)n(-c3ccc(Cl)c(Cl)c3)c2C)nc2ccccc12. The fourth-order valence-corrected chi connectivity index (χ4v) is 4.83. The van der Waals surface area contributed by atoms with Crippen molar-refractivity contribution in [1.29, 1.82) is 0 Å². The normalized spacial score (nSPS) is 11.2. The number of halogens is 2. The highest BCUT2D eigenvalue weighted by atomic mass is 35.5. The van der Waals surface area contributed by atoms with Gasteiger partial charge in [0.1, 0.15) is 0 Å². The zero-order valence-corrected chi connectivity index (χ0v) is 19.2. The van der Waals surface area contributed by atoms with Crippen LogP contribution >= 0.6 is 35.0 Å². The Morgan fingerprint density at radius 2 is 1.77 bits per heavy atom. The molecule has 0 fully saturated rings.